The molecule has 2 aliphatic rings. The van der Waals surface area contributed by atoms with E-state index in [4.69, 9.17) is 19.9 Å². The van der Waals surface area contributed by atoms with Gasteiger partial charge < -0.3 is 50.4 Å². The first kappa shape index (κ1) is 51.7. The number of aliphatic hydroxyl groups is 1. The van der Waals surface area contributed by atoms with Crippen LogP contribution in [0.2, 0.25) is 0 Å². The molecule has 1 saturated heterocycles. The Hall–Kier alpha value is -6.24. The molecule has 1 heterocycles. The van der Waals surface area contributed by atoms with Crippen molar-refractivity contribution in [1.82, 2.24) is 31.1 Å². The normalized spacial score (nSPS) is 14.8. The fourth-order valence-electron chi connectivity index (χ4n) is 7.84. The zero-order valence-electron chi connectivity index (χ0n) is 39.3. The van der Waals surface area contributed by atoms with E-state index >= 15 is 0 Å². The summed E-state index contributed by atoms with van der Waals surface area (Å²) in [5.41, 5.74) is 10.5. The van der Waals surface area contributed by atoms with Crippen LogP contribution in [0.4, 0.5) is 20.1 Å². The minimum absolute atomic E-state index is 0.0127. The summed E-state index contributed by atoms with van der Waals surface area (Å²) in [7, 11) is 0. The van der Waals surface area contributed by atoms with Crippen LogP contribution in [0.5, 0.6) is 0 Å². The van der Waals surface area contributed by atoms with Crippen LogP contribution in [-0.2, 0) is 35.2 Å². The van der Waals surface area contributed by atoms with Crippen molar-refractivity contribution >= 4 is 41.7 Å². The predicted molar refractivity (Wildman–Crippen MR) is 252 cm³/mol. The first-order valence-corrected chi connectivity index (χ1v) is 23.1. The van der Waals surface area contributed by atoms with Gasteiger partial charge in [-0.3, -0.25) is 25.4 Å². The van der Waals surface area contributed by atoms with Crippen molar-refractivity contribution < 1.29 is 48.1 Å². The van der Waals surface area contributed by atoms with Gasteiger partial charge in [-0.2, -0.15) is 0 Å². The fourth-order valence-corrected chi connectivity index (χ4v) is 7.84. The van der Waals surface area contributed by atoms with Crippen LogP contribution in [0.15, 0.2) is 72.8 Å². The molecule has 0 bridgehead atoms. The van der Waals surface area contributed by atoms with E-state index in [-0.39, 0.29) is 50.3 Å². The summed E-state index contributed by atoms with van der Waals surface area (Å²) >= 11 is 0. The van der Waals surface area contributed by atoms with Gasteiger partial charge in [0.2, 0.25) is 17.7 Å². The van der Waals surface area contributed by atoms with E-state index in [1.807, 2.05) is 24.3 Å². The van der Waals surface area contributed by atoms with Crippen molar-refractivity contribution in [2.24, 2.45) is 11.7 Å². The molecular weight excluding hydrogens is 861 g/mol. The molecule has 0 spiro atoms. The molecule has 3 aromatic rings. The number of fused-ring (bicyclic) bond motifs is 3. The smallest absolute Gasteiger partial charge is 0.410 e. The van der Waals surface area contributed by atoms with Gasteiger partial charge in [0, 0.05) is 50.7 Å². The van der Waals surface area contributed by atoms with Crippen LogP contribution >= 0.6 is 0 Å². The van der Waals surface area contributed by atoms with Gasteiger partial charge >= 0.3 is 18.3 Å². The minimum atomic E-state index is -1.24. The molecular formula is C49H68N8O10. The molecule has 5 rings (SSSR count). The van der Waals surface area contributed by atoms with Crippen molar-refractivity contribution in [1.29, 1.82) is 0 Å². The second-order valence-electron chi connectivity index (χ2n) is 18.1. The van der Waals surface area contributed by atoms with Gasteiger partial charge in [-0.1, -0.05) is 80.9 Å². The highest BCUT2D eigenvalue weighted by Crippen LogP contribution is 2.44. The number of alkyl carbamates (subject to hydrolysis) is 1. The van der Waals surface area contributed by atoms with E-state index in [9.17, 15) is 33.9 Å². The number of nitrogens with one attached hydrogen (secondary N) is 5. The summed E-state index contributed by atoms with van der Waals surface area (Å²) in [6.45, 7) is 11.1. The van der Waals surface area contributed by atoms with Crippen molar-refractivity contribution in [2.45, 2.75) is 110 Å². The molecule has 6 amide bonds. The average molecular weight is 929 g/mol. The zero-order chi connectivity index (χ0) is 48.5. The molecule has 1 fully saturated rings. The summed E-state index contributed by atoms with van der Waals surface area (Å²) in [4.78, 5) is 81.1. The highest BCUT2D eigenvalue weighted by atomic mass is 16.6. The summed E-state index contributed by atoms with van der Waals surface area (Å²) < 4.78 is 16.5. The van der Waals surface area contributed by atoms with Crippen molar-refractivity contribution in [3.05, 3.63) is 89.5 Å². The van der Waals surface area contributed by atoms with E-state index in [2.05, 4.69) is 50.8 Å². The van der Waals surface area contributed by atoms with Crippen LogP contribution in [0.3, 0.4) is 0 Å². The highest BCUT2D eigenvalue weighted by Gasteiger charge is 2.31. The standard InChI is InChI=1S/C49H68N8O10/c1-32(2)42(55-41(58)19-7-6-12-24-52-46(62)65-31-39-37-16-10-8-14-35(37)36-15-9-11-17-38(36)39)44(60)54-40(18-13-25-51-45(50)61)43(59)53-34-22-20-33(21-23-34)30-66-47(63)56-26-28-57(29-27-56)48(64)67-49(3,4)5/h8-11,14-17,20-23,32,39-40,42,45,51,61H,6-7,12-13,18-19,24-31,50H2,1-5H3,(H,52,62)(H,53,59)(H,54,60)(H,55,58)/t40-,42?,45+/m0/s1. The Morgan fingerprint density at radius 3 is 1.96 bits per heavy atom. The Kier molecular flexibility index (Phi) is 19.3. The number of amides is 6. The Labute approximate surface area is 393 Å². The van der Waals surface area contributed by atoms with Crippen LogP contribution < -0.4 is 32.3 Å². The number of unbranched alkanes of at least 4 members (excludes halogenated alkanes) is 2. The average Bonchev–Trinajstić information content (AvgIpc) is 3.61. The van der Waals surface area contributed by atoms with Gasteiger partial charge in [0.1, 0.15) is 30.9 Å². The molecule has 3 aromatic carbocycles. The van der Waals surface area contributed by atoms with Gasteiger partial charge in [-0.15, -0.1) is 0 Å². The molecule has 18 heteroatoms. The molecule has 1 aliphatic heterocycles. The van der Waals surface area contributed by atoms with Gasteiger partial charge in [-0.05, 0) is 98.9 Å². The number of piperazine rings is 1. The Morgan fingerprint density at radius 1 is 0.746 bits per heavy atom. The monoisotopic (exact) mass is 929 g/mol. The third kappa shape index (κ3) is 16.3. The fraction of sp³-hybridized carbons (Fsp3) is 0.510. The minimum Gasteiger partial charge on any atom is -0.449 e. The maximum atomic E-state index is 13.6. The largest absolute Gasteiger partial charge is 0.449 e. The summed E-state index contributed by atoms with van der Waals surface area (Å²) in [5, 5.41) is 23.4. The van der Waals surface area contributed by atoms with Gasteiger partial charge in [0.25, 0.3) is 0 Å². The van der Waals surface area contributed by atoms with Crippen molar-refractivity contribution in [3.8, 4) is 11.1 Å². The summed E-state index contributed by atoms with van der Waals surface area (Å²) in [6.07, 6.45) is -0.109. The molecule has 67 heavy (non-hydrogen) atoms. The molecule has 1 unspecified atom stereocenters. The number of aliphatic hydroxyl groups excluding tert-OH is 1. The third-order valence-electron chi connectivity index (χ3n) is 11.4. The lowest BCUT2D eigenvalue weighted by Crippen LogP contribution is -2.54. The molecule has 0 radical (unpaired) electrons. The zero-order valence-corrected chi connectivity index (χ0v) is 39.3. The third-order valence-corrected chi connectivity index (χ3v) is 11.4. The molecule has 18 nitrogen and oxygen atoms in total. The first-order valence-electron chi connectivity index (χ1n) is 23.1. The molecule has 8 N–H and O–H groups in total. The maximum absolute atomic E-state index is 13.6. The van der Waals surface area contributed by atoms with Crippen LogP contribution in [-0.4, -0.2) is 121 Å². The lowest BCUT2D eigenvalue weighted by Gasteiger charge is -2.35. The number of hydrogen-bond donors (Lipinski definition) is 7. The SMILES string of the molecule is CC(C)C(NC(=O)CCCCCNC(=O)OCC1c2ccccc2-c2ccccc21)C(=O)N[C@@H](CCCN[C@@H](N)O)C(=O)Nc1ccc(COC(=O)N2CCN(C(=O)OC(C)(C)C)CC2)cc1. The summed E-state index contributed by atoms with van der Waals surface area (Å²) in [6, 6.07) is 21.1. The van der Waals surface area contributed by atoms with Crippen molar-refractivity contribution in [2.75, 3.05) is 51.2 Å². The number of benzene rings is 3. The number of hydrogen-bond acceptors (Lipinski definition) is 12. The number of nitrogens with two attached hydrogens (primary N) is 1. The second-order valence-corrected chi connectivity index (χ2v) is 18.1. The number of anilines is 1. The first-order chi connectivity index (χ1) is 32.0. The Bertz CT molecular complexity index is 2090. The molecule has 0 saturated carbocycles. The Morgan fingerprint density at radius 2 is 1.36 bits per heavy atom. The van der Waals surface area contributed by atoms with Gasteiger partial charge in [0.15, 0.2) is 6.35 Å². The predicted octanol–water partition coefficient (Wildman–Crippen LogP) is 5.14. The number of carbonyl (C=O) groups excluding carboxylic acids is 6. The number of nitrogens with zero attached hydrogens (tertiary/aromatic N) is 2. The van der Waals surface area contributed by atoms with Crippen LogP contribution in [0, 0.1) is 5.92 Å². The molecule has 364 valence electrons. The highest BCUT2D eigenvalue weighted by molar-refractivity contribution is 5.98. The number of rotatable bonds is 21. The van der Waals surface area contributed by atoms with Crippen LogP contribution in [0.1, 0.15) is 95.8 Å². The molecule has 3 atom stereocenters. The second kappa shape index (κ2) is 25.0. The lowest BCUT2D eigenvalue weighted by molar-refractivity contribution is -0.132. The summed E-state index contributed by atoms with van der Waals surface area (Å²) in [5.74, 6) is -1.66. The lowest BCUT2D eigenvalue weighted by atomic mass is 9.98. The van der Waals surface area contributed by atoms with Gasteiger partial charge in [-0.25, -0.2) is 14.4 Å². The van der Waals surface area contributed by atoms with E-state index < -0.39 is 54.1 Å². The molecule has 0 aromatic heterocycles. The Balaban J connectivity index is 1.02. The van der Waals surface area contributed by atoms with Crippen molar-refractivity contribution in [3.63, 3.8) is 0 Å². The van der Waals surface area contributed by atoms with E-state index in [1.54, 1.807) is 63.8 Å². The van der Waals surface area contributed by atoms with E-state index in [0.29, 0.717) is 69.7 Å². The van der Waals surface area contributed by atoms with E-state index in [1.165, 1.54) is 4.90 Å². The number of carbonyl (C=O) groups is 6. The number of ether oxygens (including phenoxy) is 3. The topological polar surface area (TPSA) is 243 Å². The van der Waals surface area contributed by atoms with Crippen LogP contribution in [0.25, 0.3) is 11.1 Å². The maximum Gasteiger partial charge on any atom is 0.410 e. The quantitative estimate of drug-likeness (QED) is 0.0417. The molecule has 1 aliphatic carbocycles. The van der Waals surface area contributed by atoms with Gasteiger partial charge in [0.05, 0.1) is 0 Å². The van der Waals surface area contributed by atoms with E-state index in [0.717, 1.165) is 22.3 Å².